The van der Waals surface area contributed by atoms with Gasteiger partial charge in [-0.25, -0.2) is 0 Å². The van der Waals surface area contributed by atoms with E-state index in [-0.39, 0.29) is 11.7 Å². The number of likely N-dealkylation sites (tertiary alicyclic amines) is 1. The smallest absolute Gasteiger partial charge is 0.255 e. The van der Waals surface area contributed by atoms with E-state index in [1.807, 2.05) is 0 Å². The van der Waals surface area contributed by atoms with Crippen LogP contribution in [-0.2, 0) is 0 Å². The van der Waals surface area contributed by atoms with Gasteiger partial charge < -0.3 is 14.9 Å². The number of phenolic OH excluding ortho intramolecular Hbond substituents is 1. The molecule has 2 rings (SSSR count). The van der Waals surface area contributed by atoms with Gasteiger partial charge in [0.05, 0.1) is 10.6 Å². The third-order valence-corrected chi connectivity index (χ3v) is 3.88. The van der Waals surface area contributed by atoms with E-state index >= 15 is 0 Å². The largest absolute Gasteiger partial charge is 0.508 e. The fraction of sp³-hybridized carbons (Fsp3) is 0.500. The van der Waals surface area contributed by atoms with E-state index in [4.69, 9.17) is 11.6 Å². The molecule has 0 saturated carbocycles. The summed E-state index contributed by atoms with van der Waals surface area (Å²) in [6, 6.07) is 4.44. The van der Waals surface area contributed by atoms with E-state index in [1.165, 1.54) is 12.1 Å². The predicted molar refractivity (Wildman–Crippen MR) is 75.7 cm³/mol. The second-order valence-corrected chi connectivity index (χ2v) is 5.67. The zero-order valence-corrected chi connectivity index (χ0v) is 12.0. The number of benzene rings is 1. The van der Waals surface area contributed by atoms with E-state index in [9.17, 15) is 9.90 Å². The van der Waals surface area contributed by atoms with Crippen LogP contribution in [0.25, 0.3) is 0 Å². The highest BCUT2D eigenvalue weighted by Gasteiger charge is 2.24. The lowest BCUT2D eigenvalue weighted by molar-refractivity contribution is 0.0774. The standard InChI is InChI=1S/C14H19ClN2O2/c1-16-6-5-10(8-16)9-17(2)14(19)12-7-11(18)3-4-13(12)15/h3-4,7,10,18H,5-6,8-9H2,1-2H3. The first-order chi connectivity index (χ1) is 8.97. The van der Waals surface area contributed by atoms with Crippen molar-refractivity contribution in [2.24, 2.45) is 5.92 Å². The zero-order chi connectivity index (χ0) is 14.0. The Labute approximate surface area is 118 Å². The van der Waals surface area contributed by atoms with Crippen LogP contribution in [0.15, 0.2) is 18.2 Å². The van der Waals surface area contributed by atoms with Crippen LogP contribution in [0.3, 0.4) is 0 Å². The first-order valence-electron chi connectivity index (χ1n) is 6.40. The second-order valence-electron chi connectivity index (χ2n) is 5.27. The summed E-state index contributed by atoms with van der Waals surface area (Å²) in [6.45, 7) is 2.82. The zero-order valence-electron chi connectivity index (χ0n) is 11.3. The monoisotopic (exact) mass is 282 g/mol. The van der Waals surface area contributed by atoms with Gasteiger partial charge in [-0.2, -0.15) is 0 Å². The lowest BCUT2D eigenvalue weighted by Crippen LogP contribution is -2.33. The fourth-order valence-corrected chi connectivity index (χ4v) is 2.73. The topological polar surface area (TPSA) is 43.8 Å². The average Bonchev–Trinajstić information content (AvgIpc) is 2.77. The highest BCUT2D eigenvalue weighted by atomic mass is 35.5. The van der Waals surface area contributed by atoms with Crippen molar-refractivity contribution in [1.29, 1.82) is 0 Å². The quantitative estimate of drug-likeness (QED) is 0.923. The van der Waals surface area contributed by atoms with Crippen molar-refractivity contribution in [3.8, 4) is 5.75 Å². The minimum absolute atomic E-state index is 0.0572. The summed E-state index contributed by atoms with van der Waals surface area (Å²) in [6.07, 6.45) is 1.11. The molecule has 104 valence electrons. The van der Waals surface area contributed by atoms with Crippen LogP contribution < -0.4 is 0 Å². The molecule has 1 fully saturated rings. The number of rotatable bonds is 3. The van der Waals surface area contributed by atoms with Crippen molar-refractivity contribution in [2.45, 2.75) is 6.42 Å². The first-order valence-corrected chi connectivity index (χ1v) is 6.77. The molecule has 5 heteroatoms. The van der Waals surface area contributed by atoms with Crippen LogP contribution in [0, 0.1) is 5.92 Å². The average molecular weight is 283 g/mol. The number of hydrogen-bond donors (Lipinski definition) is 1. The molecular formula is C14H19ClN2O2. The SMILES string of the molecule is CN1CCC(CN(C)C(=O)c2cc(O)ccc2Cl)C1. The van der Waals surface area contributed by atoms with Gasteiger partial charge in [-0.05, 0) is 44.1 Å². The van der Waals surface area contributed by atoms with Crippen molar-refractivity contribution in [3.63, 3.8) is 0 Å². The molecule has 1 amide bonds. The first kappa shape index (κ1) is 14.2. The van der Waals surface area contributed by atoms with Gasteiger partial charge >= 0.3 is 0 Å². The number of amides is 1. The second kappa shape index (κ2) is 5.80. The van der Waals surface area contributed by atoms with E-state index in [0.717, 1.165) is 26.1 Å². The van der Waals surface area contributed by atoms with Crippen LogP contribution in [-0.4, -0.2) is 54.5 Å². The molecule has 1 unspecified atom stereocenters. The van der Waals surface area contributed by atoms with E-state index in [2.05, 4.69) is 11.9 Å². The summed E-state index contributed by atoms with van der Waals surface area (Å²) in [4.78, 5) is 16.3. The molecule has 1 saturated heterocycles. The molecule has 1 aromatic carbocycles. The van der Waals surface area contributed by atoms with Gasteiger partial charge in [-0.3, -0.25) is 4.79 Å². The molecule has 4 nitrogen and oxygen atoms in total. The lowest BCUT2D eigenvalue weighted by atomic mass is 10.1. The van der Waals surface area contributed by atoms with Crippen LogP contribution in [0.2, 0.25) is 5.02 Å². The maximum atomic E-state index is 12.3. The number of aromatic hydroxyl groups is 1. The number of halogens is 1. The number of carbonyl (C=O) groups excluding carboxylic acids is 1. The summed E-state index contributed by atoms with van der Waals surface area (Å²) in [5, 5.41) is 9.82. The van der Waals surface area contributed by atoms with Crippen molar-refractivity contribution < 1.29 is 9.90 Å². The summed E-state index contributed by atoms with van der Waals surface area (Å²) in [5.74, 6) is 0.423. The van der Waals surface area contributed by atoms with Gasteiger partial charge in [0.2, 0.25) is 0 Å². The van der Waals surface area contributed by atoms with Gasteiger partial charge in [0.25, 0.3) is 5.91 Å². The third kappa shape index (κ3) is 3.39. The highest BCUT2D eigenvalue weighted by molar-refractivity contribution is 6.33. The minimum Gasteiger partial charge on any atom is -0.508 e. The molecule has 1 N–H and O–H groups in total. The van der Waals surface area contributed by atoms with Crippen LogP contribution in [0.5, 0.6) is 5.75 Å². The number of carbonyl (C=O) groups is 1. The number of phenols is 1. The van der Waals surface area contributed by atoms with Gasteiger partial charge in [-0.15, -0.1) is 0 Å². The molecule has 0 aromatic heterocycles. The van der Waals surface area contributed by atoms with E-state index < -0.39 is 0 Å². The normalized spacial score (nSPS) is 19.6. The molecule has 0 bridgehead atoms. The molecule has 1 aliphatic heterocycles. The van der Waals surface area contributed by atoms with Crippen LogP contribution in [0.1, 0.15) is 16.8 Å². The Balaban J connectivity index is 2.04. The Morgan fingerprint density at radius 3 is 2.95 bits per heavy atom. The molecule has 1 aliphatic rings. The molecule has 0 spiro atoms. The van der Waals surface area contributed by atoms with Crippen molar-refractivity contribution in [3.05, 3.63) is 28.8 Å². The van der Waals surface area contributed by atoms with Gasteiger partial charge in [0.1, 0.15) is 5.75 Å². The van der Waals surface area contributed by atoms with Crippen molar-refractivity contribution in [2.75, 3.05) is 33.7 Å². The Kier molecular flexibility index (Phi) is 4.32. The summed E-state index contributed by atoms with van der Waals surface area (Å²) in [5.41, 5.74) is 0.357. The maximum absolute atomic E-state index is 12.3. The van der Waals surface area contributed by atoms with E-state index in [1.54, 1.807) is 18.0 Å². The number of hydrogen-bond acceptors (Lipinski definition) is 3. The Morgan fingerprint density at radius 2 is 2.32 bits per heavy atom. The van der Waals surface area contributed by atoms with E-state index in [0.29, 0.717) is 16.5 Å². The molecule has 1 heterocycles. The Hall–Kier alpha value is -1.26. The molecule has 0 aliphatic carbocycles. The highest BCUT2D eigenvalue weighted by Crippen LogP contribution is 2.23. The Bertz CT molecular complexity index is 479. The minimum atomic E-state index is -0.143. The van der Waals surface area contributed by atoms with Crippen LogP contribution in [0.4, 0.5) is 0 Å². The molecule has 19 heavy (non-hydrogen) atoms. The predicted octanol–water partition coefficient (Wildman–Crippen LogP) is 2.07. The van der Waals surface area contributed by atoms with Crippen molar-refractivity contribution in [1.82, 2.24) is 9.80 Å². The van der Waals surface area contributed by atoms with Gasteiger partial charge in [0, 0.05) is 20.1 Å². The lowest BCUT2D eigenvalue weighted by Gasteiger charge is -2.21. The fourth-order valence-electron chi connectivity index (χ4n) is 2.53. The molecule has 0 radical (unpaired) electrons. The summed E-state index contributed by atoms with van der Waals surface area (Å²) >= 11 is 6.01. The molecule has 1 atom stereocenters. The summed E-state index contributed by atoms with van der Waals surface area (Å²) in [7, 11) is 3.87. The maximum Gasteiger partial charge on any atom is 0.255 e. The van der Waals surface area contributed by atoms with Crippen LogP contribution >= 0.6 is 11.6 Å². The third-order valence-electron chi connectivity index (χ3n) is 3.55. The Morgan fingerprint density at radius 1 is 1.58 bits per heavy atom. The van der Waals surface area contributed by atoms with Gasteiger partial charge in [-0.1, -0.05) is 11.6 Å². The van der Waals surface area contributed by atoms with Crippen molar-refractivity contribution >= 4 is 17.5 Å². The van der Waals surface area contributed by atoms with Gasteiger partial charge in [0.15, 0.2) is 0 Å². The number of nitrogens with zero attached hydrogens (tertiary/aromatic N) is 2. The molecular weight excluding hydrogens is 264 g/mol. The summed E-state index contributed by atoms with van der Waals surface area (Å²) < 4.78 is 0. The molecule has 1 aromatic rings.